The van der Waals surface area contributed by atoms with Gasteiger partial charge in [-0.15, -0.1) is 0 Å². The Kier molecular flexibility index (Phi) is 11.2. The zero-order valence-electron chi connectivity index (χ0n) is 29.8. The summed E-state index contributed by atoms with van der Waals surface area (Å²) in [7, 11) is -3.83. The lowest BCUT2D eigenvalue weighted by molar-refractivity contribution is 0.0624. The van der Waals surface area contributed by atoms with Crippen LogP contribution in [0.4, 0.5) is 11.6 Å². The molecule has 2 fully saturated rings. The first-order chi connectivity index (χ1) is 23.7. The van der Waals surface area contributed by atoms with Crippen LogP contribution < -0.4 is 26.4 Å². The number of ether oxygens (including phenoxy) is 1. The maximum atomic E-state index is 13.8. The number of amides is 1. The van der Waals surface area contributed by atoms with Crippen molar-refractivity contribution in [3.63, 3.8) is 0 Å². The lowest BCUT2D eigenvalue weighted by Crippen LogP contribution is -2.50. The molecular formula is C34H49N11O4S. The highest BCUT2D eigenvalue weighted by atomic mass is 32.2. The number of benzene rings is 1. The van der Waals surface area contributed by atoms with E-state index in [0.29, 0.717) is 66.5 Å². The maximum absolute atomic E-state index is 13.8. The molecule has 15 nitrogen and oxygen atoms in total. The van der Waals surface area contributed by atoms with Crippen LogP contribution in [-0.4, -0.2) is 120 Å². The number of aromatic nitrogens is 4. The summed E-state index contributed by atoms with van der Waals surface area (Å²) in [4.78, 5) is 41.5. The smallest absolute Gasteiger partial charge is 0.274 e. The van der Waals surface area contributed by atoms with E-state index in [2.05, 4.69) is 47.0 Å². The first-order valence-electron chi connectivity index (χ1n) is 16.9. The van der Waals surface area contributed by atoms with Gasteiger partial charge in [-0.1, -0.05) is 0 Å². The summed E-state index contributed by atoms with van der Waals surface area (Å²) >= 11 is 0. The van der Waals surface area contributed by atoms with Crippen molar-refractivity contribution in [2.24, 2.45) is 16.5 Å². The molecule has 3 aromatic rings. The number of hydrogen-bond donors (Lipinski definition) is 3. The number of aliphatic imine (C=N–C) groups is 1. The van der Waals surface area contributed by atoms with E-state index in [9.17, 15) is 13.2 Å². The summed E-state index contributed by atoms with van der Waals surface area (Å²) in [5.74, 6) is 1.30. The van der Waals surface area contributed by atoms with Gasteiger partial charge in [-0.25, -0.2) is 33.3 Å². The van der Waals surface area contributed by atoms with E-state index in [-0.39, 0.29) is 34.8 Å². The molecule has 5 N–H and O–H groups in total. The second kappa shape index (κ2) is 15.2. The summed E-state index contributed by atoms with van der Waals surface area (Å²) in [5, 5.41) is 3.84. The van der Waals surface area contributed by atoms with Crippen molar-refractivity contribution in [1.29, 1.82) is 0 Å². The summed E-state index contributed by atoms with van der Waals surface area (Å²) in [5.41, 5.74) is 14.0. The number of nitrogens with one attached hydrogen (secondary N) is 1. The molecule has 2 saturated heterocycles. The minimum atomic E-state index is -3.83. The van der Waals surface area contributed by atoms with Crippen LogP contribution in [0.3, 0.4) is 0 Å². The van der Waals surface area contributed by atoms with Crippen LogP contribution in [0, 0.1) is 0 Å². The van der Waals surface area contributed by atoms with Gasteiger partial charge in [-0.05, 0) is 54.0 Å². The quantitative estimate of drug-likeness (QED) is 0.158. The second-order valence-electron chi connectivity index (χ2n) is 13.8. The van der Waals surface area contributed by atoms with E-state index in [0.717, 1.165) is 32.0 Å². The molecular weight excluding hydrogens is 659 g/mol. The number of hydrogen-bond acceptors (Lipinski definition) is 13. The standard InChI is InChI=1S/C34H49N11O4S/c1-22-20-45(10-8-37-22)30-19-38-27(18-39-30)33(46)44-13-11-43(12-14-44)9-7-15-49-28-17-26-25(16-29(28)50(47,48)34(4,5)6)32(41-21-40-26)42-31(36)23(2)24(3)35/h16-19,21-22,37H,7-15,20,35H2,1-6H3,(H2,36,40,41,42)/t22-/m1/s1. The van der Waals surface area contributed by atoms with Gasteiger partial charge in [0.1, 0.15) is 34.3 Å². The van der Waals surface area contributed by atoms with Crippen molar-refractivity contribution in [3.05, 3.63) is 47.8 Å². The average molecular weight is 708 g/mol. The third-order valence-electron chi connectivity index (χ3n) is 9.06. The zero-order chi connectivity index (χ0) is 36.2. The lowest BCUT2D eigenvalue weighted by atomic mass is 10.2. The molecule has 1 atom stereocenters. The van der Waals surface area contributed by atoms with E-state index in [1.54, 1.807) is 53.1 Å². The molecule has 0 unspecified atom stereocenters. The Hall–Kier alpha value is -4.41. The zero-order valence-corrected chi connectivity index (χ0v) is 30.6. The monoisotopic (exact) mass is 707 g/mol. The number of nitrogens with zero attached hydrogens (tertiary/aromatic N) is 8. The Labute approximate surface area is 294 Å². The third-order valence-corrected chi connectivity index (χ3v) is 11.6. The molecule has 2 aliphatic heterocycles. The number of rotatable bonds is 10. The van der Waals surface area contributed by atoms with Crippen LogP contribution in [0.5, 0.6) is 5.75 Å². The molecule has 50 heavy (non-hydrogen) atoms. The molecule has 0 bridgehead atoms. The first kappa shape index (κ1) is 36.9. The van der Waals surface area contributed by atoms with Gasteiger partial charge < -0.3 is 31.3 Å². The minimum absolute atomic E-state index is 0.0374. The van der Waals surface area contributed by atoms with Crippen molar-refractivity contribution in [1.82, 2.24) is 35.1 Å². The summed E-state index contributed by atoms with van der Waals surface area (Å²) in [6.45, 7) is 16.7. The molecule has 0 aliphatic carbocycles. The number of piperazine rings is 2. The van der Waals surface area contributed by atoms with Crippen LogP contribution in [0.25, 0.3) is 10.9 Å². The first-order valence-corrected chi connectivity index (χ1v) is 18.4. The van der Waals surface area contributed by atoms with E-state index >= 15 is 0 Å². The Morgan fingerprint density at radius 3 is 2.42 bits per heavy atom. The molecule has 0 radical (unpaired) electrons. The molecule has 1 amide bonds. The average Bonchev–Trinajstić information content (AvgIpc) is 3.09. The number of sulfone groups is 1. The molecule has 1 aromatic carbocycles. The fourth-order valence-electron chi connectivity index (χ4n) is 5.73. The number of amidine groups is 1. The van der Waals surface area contributed by atoms with Gasteiger partial charge in [0.15, 0.2) is 15.7 Å². The van der Waals surface area contributed by atoms with E-state index in [4.69, 9.17) is 16.2 Å². The van der Waals surface area contributed by atoms with Crippen LogP contribution in [0.1, 0.15) is 58.5 Å². The number of allylic oxidation sites excluding steroid dienone is 1. The van der Waals surface area contributed by atoms with Crippen LogP contribution in [0.15, 0.2) is 52.0 Å². The van der Waals surface area contributed by atoms with Crippen molar-refractivity contribution in [3.8, 4) is 5.75 Å². The molecule has 2 aromatic heterocycles. The van der Waals surface area contributed by atoms with E-state index in [1.807, 2.05) is 4.90 Å². The molecule has 5 rings (SSSR count). The van der Waals surface area contributed by atoms with Gasteiger partial charge in [0.2, 0.25) is 0 Å². The van der Waals surface area contributed by atoms with Gasteiger partial charge in [-0.3, -0.25) is 9.69 Å². The molecule has 16 heteroatoms. The number of nitrogens with two attached hydrogens (primary N) is 2. The van der Waals surface area contributed by atoms with Crippen LogP contribution in [0.2, 0.25) is 0 Å². The predicted octanol–water partition coefficient (Wildman–Crippen LogP) is 2.26. The van der Waals surface area contributed by atoms with Gasteiger partial charge in [-0.2, -0.15) is 0 Å². The number of carbonyl (C=O) groups excluding carboxylic acids is 1. The van der Waals surface area contributed by atoms with Crippen molar-refractivity contribution >= 4 is 44.1 Å². The lowest BCUT2D eigenvalue weighted by Gasteiger charge is -2.34. The van der Waals surface area contributed by atoms with Crippen molar-refractivity contribution in [2.75, 3.05) is 63.9 Å². The summed E-state index contributed by atoms with van der Waals surface area (Å²) in [6, 6.07) is 3.51. The summed E-state index contributed by atoms with van der Waals surface area (Å²) < 4.78 is 32.6. The molecule has 270 valence electrons. The van der Waals surface area contributed by atoms with Crippen molar-refractivity contribution < 1.29 is 17.9 Å². The van der Waals surface area contributed by atoms with E-state index in [1.165, 1.54) is 12.4 Å². The summed E-state index contributed by atoms with van der Waals surface area (Å²) in [6.07, 6.45) is 5.27. The molecule has 0 spiro atoms. The van der Waals surface area contributed by atoms with Gasteiger partial charge in [0.05, 0.1) is 29.3 Å². The van der Waals surface area contributed by atoms with Crippen LogP contribution in [-0.2, 0) is 9.84 Å². The maximum Gasteiger partial charge on any atom is 0.274 e. The highest BCUT2D eigenvalue weighted by molar-refractivity contribution is 7.92. The van der Waals surface area contributed by atoms with Crippen LogP contribution >= 0.6 is 0 Å². The largest absolute Gasteiger partial charge is 0.492 e. The fraction of sp³-hybridized carbons (Fsp3) is 0.529. The second-order valence-corrected chi connectivity index (χ2v) is 16.5. The fourth-order valence-corrected chi connectivity index (χ4v) is 7.05. The normalized spacial score (nSPS) is 18.7. The highest BCUT2D eigenvalue weighted by Gasteiger charge is 2.34. The Bertz CT molecular complexity index is 1860. The van der Waals surface area contributed by atoms with Crippen molar-refractivity contribution in [2.45, 2.75) is 63.6 Å². The molecule has 2 aliphatic rings. The third kappa shape index (κ3) is 8.30. The predicted molar refractivity (Wildman–Crippen MR) is 194 cm³/mol. The van der Waals surface area contributed by atoms with Gasteiger partial charge >= 0.3 is 0 Å². The van der Waals surface area contributed by atoms with E-state index < -0.39 is 14.6 Å². The minimum Gasteiger partial charge on any atom is -0.492 e. The topological polar surface area (TPSA) is 198 Å². The number of carbonyl (C=O) groups is 1. The number of fused-ring (bicyclic) bond motifs is 1. The Morgan fingerprint density at radius 1 is 1.04 bits per heavy atom. The Balaban J connectivity index is 1.21. The Morgan fingerprint density at radius 2 is 1.78 bits per heavy atom. The highest BCUT2D eigenvalue weighted by Crippen LogP contribution is 2.37. The molecule has 0 saturated carbocycles. The van der Waals surface area contributed by atoms with Gasteiger partial charge in [0.25, 0.3) is 5.91 Å². The van der Waals surface area contributed by atoms with Gasteiger partial charge in [0, 0.05) is 81.1 Å². The SMILES string of the molecule is CC(N)=C(C)C(N)=Nc1ncnc2cc(OCCCN3CCN(C(=O)c4cnc(N5CCN[C@H](C)C5)cn4)CC3)c(S(=O)(=O)C(C)(C)C)cc12. The molecule has 4 heterocycles. The number of anilines is 1.